The highest BCUT2D eigenvalue weighted by Gasteiger charge is 2.31. The predicted molar refractivity (Wildman–Crippen MR) is 55.2 cm³/mol. The number of fused-ring (bicyclic) bond motifs is 1. The van der Waals surface area contributed by atoms with Crippen LogP contribution in [0.4, 0.5) is 0 Å². The normalized spacial score (nSPS) is 16.5. The average Bonchev–Trinajstić information content (AvgIpc) is 2.49. The molecule has 0 saturated heterocycles. The standard InChI is InChI=1S/C11H13NO3/c1-11(2)14-9-4-3-7(8(13)6-12)5-10(9)15-11/h3-5H,6,12H2,1-2H3. The van der Waals surface area contributed by atoms with Crippen molar-refractivity contribution in [2.45, 2.75) is 19.6 Å². The number of hydrogen-bond acceptors (Lipinski definition) is 4. The maximum Gasteiger partial charge on any atom is 0.246 e. The minimum absolute atomic E-state index is 0.00301. The Kier molecular flexibility index (Phi) is 2.16. The van der Waals surface area contributed by atoms with Crippen LogP contribution in [0, 0.1) is 0 Å². The summed E-state index contributed by atoms with van der Waals surface area (Å²) in [6.45, 7) is 3.64. The largest absolute Gasteiger partial charge is 0.449 e. The predicted octanol–water partition coefficient (Wildman–Crippen LogP) is 1.34. The molecule has 0 saturated carbocycles. The number of nitrogens with two attached hydrogens (primary N) is 1. The van der Waals surface area contributed by atoms with Crippen LogP contribution < -0.4 is 15.2 Å². The van der Waals surface area contributed by atoms with Gasteiger partial charge >= 0.3 is 0 Å². The molecule has 2 N–H and O–H groups in total. The van der Waals surface area contributed by atoms with E-state index in [4.69, 9.17) is 15.2 Å². The summed E-state index contributed by atoms with van der Waals surface area (Å²) in [6, 6.07) is 5.09. The number of ketones is 1. The van der Waals surface area contributed by atoms with Crippen LogP contribution in [0.5, 0.6) is 11.5 Å². The SMILES string of the molecule is CC1(C)Oc2ccc(C(=O)CN)cc2O1. The summed E-state index contributed by atoms with van der Waals surface area (Å²) in [6.07, 6.45) is 0. The maximum atomic E-state index is 11.4. The number of Topliss-reactive ketones (excluding diaryl/α,β-unsaturated/α-hetero) is 1. The maximum absolute atomic E-state index is 11.4. The fourth-order valence-corrected chi connectivity index (χ4v) is 1.51. The van der Waals surface area contributed by atoms with Gasteiger partial charge in [-0.2, -0.15) is 0 Å². The summed E-state index contributed by atoms with van der Waals surface area (Å²) in [4.78, 5) is 11.4. The van der Waals surface area contributed by atoms with Crippen molar-refractivity contribution in [1.82, 2.24) is 0 Å². The molecule has 0 aliphatic carbocycles. The van der Waals surface area contributed by atoms with Crippen molar-refractivity contribution in [2.75, 3.05) is 6.54 Å². The van der Waals surface area contributed by atoms with Crippen molar-refractivity contribution in [3.8, 4) is 11.5 Å². The Morgan fingerprint density at radius 3 is 2.67 bits per heavy atom. The van der Waals surface area contributed by atoms with Crippen molar-refractivity contribution in [2.24, 2.45) is 5.73 Å². The third-order valence-electron chi connectivity index (χ3n) is 2.16. The number of carbonyl (C=O) groups excluding carboxylic acids is 1. The van der Waals surface area contributed by atoms with Gasteiger partial charge < -0.3 is 15.2 Å². The van der Waals surface area contributed by atoms with Crippen LogP contribution in [0.25, 0.3) is 0 Å². The molecule has 0 fully saturated rings. The molecule has 0 radical (unpaired) electrons. The second-order valence-corrected chi connectivity index (χ2v) is 3.89. The van der Waals surface area contributed by atoms with Gasteiger partial charge in [0, 0.05) is 19.4 Å². The molecule has 1 aromatic carbocycles. The highest BCUT2D eigenvalue weighted by Crippen LogP contribution is 2.39. The lowest BCUT2D eigenvalue weighted by atomic mass is 10.1. The molecule has 2 rings (SSSR count). The van der Waals surface area contributed by atoms with Crippen molar-refractivity contribution in [1.29, 1.82) is 0 Å². The van der Waals surface area contributed by atoms with Crippen molar-refractivity contribution in [3.63, 3.8) is 0 Å². The minimum atomic E-state index is -0.660. The van der Waals surface area contributed by atoms with Crippen LogP contribution in [0.3, 0.4) is 0 Å². The molecular formula is C11H13NO3. The Morgan fingerprint density at radius 2 is 2.00 bits per heavy atom. The molecule has 80 valence electrons. The lowest BCUT2D eigenvalue weighted by Gasteiger charge is -2.16. The molecule has 15 heavy (non-hydrogen) atoms. The van der Waals surface area contributed by atoms with E-state index in [1.807, 2.05) is 13.8 Å². The summed E-state index contributed by atoms with van der Waals surface area (Å²) in [7, 11) is 0. The van der Waals surface area contributed by atoms with Crippen molar-refractivity contribution in [3.05, 3.63) is 23.8 Å². The van der Waals surface area contributed by atoms with E-state index in [1.54, 1.807) is 18.2 Å². The molecule has 1 heterocycles. The van der Waals surface area contributed by atoms with Gasteiger partial charge in [-0.05, 0) is 18.2 Å². The van der Waals surface area contributed by atoms with Crippen LogP contribution in [0.15, 0.2) is 18.2 Å². The van der Waals surface area contributed by atoms with E-state index in [1.165, 1.54) is 0 Å². The summed E-state index contributed by atoms with van der Waals surface area (Å²) in [5.74, 6) is 0.492. The number of hydrogen-bond donors (Lipinski definition) is 1. The Hall–Kier alpha value is -1.55. The first-order chi connectivity index (χ1) is 7.02. The first kappa shape index (κ1) is 9.98. The number of rotatable bonds is 2. The topological polar surface area (TPSA) is 61.5 Å². The number of carbonyl (C=O) groups is 1. The Morgan fingerprint density at radius 1 is 1.33 bits per heavy atom. The molecule has 1 aliphatic heterocycles. The van der Waals surface area contributed by atoms with Crippen molar-refractivity contribution >= 4 is 5.78 Å². The monoisotopic (exact) mass is 207 g/mol. The molecule has 4 heteroatoms. The molecule has 0 spiro atoms. The van der Waals surface area contributed by atoms with Gasteiger partial charge in [0.15, 0.2) is 17.3 Å². The molecule has 0 aromatic heterocycles. The molecule has 0 amide bonds. The van der Waals surface area contributed by atoms with E-state index >= 15 is 0 Å². The zero-order valence-corrected chi connectivity index (χ0v) is 8.74. The first-order valence-corrected chi connectivity index (χ1v) is 4.77. The summed E-state index contributed by atoms with van der Waals surface area (Å²) < 4.78 is 11.0. The van der Waals surface area contributed by atoms with Crippen LogP contribution in [-0.2, 0) is 0 Å². The minimum Gasteiger partial charge on any atom is -0.449 e. The van der Waals surface area contributed by atoms with Crippen LogP contribution in [-0.4, -0.2) is 18.1 Å². The lowest BCUT2D eigenvalue weighted by Crippen LogP contribution is -2.29. The van der Waals surface area contributed by atoms with E-state index in [9.17, 15) is 4.79 Å². The molecule has 0 unspecified atom stereocenters. The van der Waals surface area contributed by atoms with Crippen LogP contribution in [0.2, 0.25) is 0 Å². The van der Waals surface area contributed by atoms with E-state index in [0.717, 1.165) is 0 Å². The third kappa shape index (κ3) is 1.80. The molecule has 1 aromatic rings. The van der Waals surface area contributed by atoms with E-state index < -0.39 is 5.79 Å². The van der Waals surface area contributed by atoms with Gasteiger partial charge in [-0.15, -0.1) is 0 Å². The first-order valence-electron chi connectivity index (χ1n) is 4.77. The van der Waals surface area contributed by atoms with Gasteiger partial charge in [0.05, 0.1) is 6.54 Å². The summed E-state index contributed by atoms with van der Waals surface area (Å²) >= 11 is 0. The highest BCUT2D eigenvalue weighted by atomic mass is 16.7. The van der Waals surface area contributed by atoms with Gasteiger partial charge in [-0.25, -0.2) is 0 Å². The Bertz CT molecular complexity index is 412. The number of ether oxygens (including phenoxy) is 2. The molecule has 4 nitrogen and oxygen atoms in total. The second kappa shape index (κ2) is 3.24. The molecule has 0 atom stereocenters. The van der Waals surface area contributed by atoms with Gasteiger partial charge in [-0.1, -0.05) is 0 Å². The Labute approximate surface area is 88.0 Å². The van der Waals surface area contributed by atoms with Crippen LogP contribution in [0.1, 0.15) is 24.2 Å². The van der Waals surface area contributed by atoms with E-state index in [-0.39, 0.29) is 12.3 Å². The molecule has 1 aliphatic rings. The summed E-state index contributed by atoms with van der Waals surface area (Å²) in [5, 5.41) is 0. The second-order valence-electron chi connectivity index (χ2n) is 3.89. The third-order valence-corrected chi connectivity index (χ3v) is 2.16. The number of benzene rings is 1. The van der Waals surface area contributed by atoms with Gasteiger partial charge in [-0.3, -0.25) is 4.79 Å². The quantitative estimate of drug-likeness (QED) is 0.743. The smallest absolute Gasteiger partial charge is 0.246 e. The van der Waals surface area contributed by atoms with Crippen molar-refractivity contribution < 1.29 is 14.3 Å². The summed E-state index contributed by atoms with van der Waals surface area (Å²) in [5.41, 5.74) is 5.83. The van der Waals surface area contributed by atoms with Crippen LogP contribution >= 0.6 is 0 Å². The lowest BCUT2D eigenvalue weighted by molar-refractivity contribution is -0.0431. The average molecular weight is 207 g/mol. The fraction of sp³-hybridized carbons (Fsp3) is 0.364. The fourth-order valence-electron chi connectivity index (χ4n) is 1.51. The van der Waals surface area contributed by atoms with E-state index in [2.05, 4.69) is 0 Å². The zero-order chi connectivity index (χ0) is 11.1. The van der Waals surface area contributed by atoms with Gasteiger partial charge in [0.2, 0.25) is 5.79 Å². The van der Waals surface area contributed by atoms with Gasteiger partial charge in [0.25, 0.3) is 0 Å². The molecular weight excluding hydrogens is 194 g/mol. The Balaban J connectivity index is 2.34. The van der Waals surface area contributed by atoms with E-state index in [0.29, 0.717) is 17.1 Å². The molecule has 0 bridgehead atoms. The zero-order valence-electron chi connectivity index (χ0n) is 8.74. The highest BCUT2D eigenvalue weighted by molar-refractivity contribution is 5.98. The van der Waals surface area contributed by atoms with Gasteiger partial charge in [0.1, 0.15) is 0 Å².